The van der Waals surface area contributed by atoms with Crippen molar-refractivity contribution in [3.63, 3.8) is 0 Å². The number of benzene rings is 1. The van der Waals surface area contributed by atoms with Gasteiger partial charge in [0.25, 0.3) is 0 Å². The molecule has 0 N–H and O–H groups in total. The summed E-state index contributed by atoms with van der Waals surface area (Å²) in [6, 6.07) is 2.45. The van der Waals surface area contributed by atoms with Crippen LogP contribution >= 0.6 is 39.1 Å². The minimum atomic E-state index is -3.71. The summed E-state index contributed by atoms with van der Waals surface area (Å²) in [5.41, 5.74) is -1.48. The molecule has 0 saturated carbocycles. The molecule has 1 rings (SSSR count). The van der Waals surface area contributed by atoms with Crippen LogP contribution in [-0.4, -0.2) is 0 Å². The lowest BCUT2D eigenvalue weighted by Crippen LogP contribution is -2.09. The first-order valence-electron chi connectivity index (χ1n) is 3.55. The van der Waals surface area contributed by atoms with E-state index < -0.39 is 21.9 Å². The van der Waals surface area contributed by atoms with Crippen molar-refractivity contribution in [2.24, 2.45) is 0 Å². The first-order valence-corrected chi connectivity index (χ1v) is 5.10. The molecule has 0 nitrogen and oxygen atoms in total. The molecule has 0 bridgehead atoms. The van der Waals surface area contributed by atoms with Crippen molar-refractivity contribution in [1.82, 2.24) is 0 Å². The second-order valence-corrected chi connectivity index (χ2v) is 4.59. The van der Waals surface area contributed by atoms with Gasteiger partial charge in [-0.1, -0.05) is 15.9 Å². The fraction of sp³-hybridized carbons (Fsp3) is 0.250. The summed E-state index contributed by atoms with van der Waals surface area (Å²) < 4.78 is 50.7. The van der Waals surface area contributed by atoms with Crippen molar-refractivity contribution in [1.29, 1.82) is 0 Å². The normalized spacial score (nSPS) is 13.0. The second-order valence-electron chi connectivity index (χ2n) is 2.72. The Morgan fingerprint density at radius 3 is 1.47 bits per heavy atom. The molecule has 0 unspecified atom stereocenters. The quantitative estimate of drug-likeness (QED) is 0.528. The van der Waals surface area contributed by atoms with Crippen LogP contribution in [0.3, 0.4) is 0 Å². The molecule has 0 heterocycles. The van der Waals surface area contributed by atoms with Gasteiger partial charge in [-0.15, -0.1) is 0 Å². The van der Waals surface area contributed by atoms with E-state index in [1.165, 1.54) is 0 Å². The average molecular weight is 326 g/mol. The third-order valence-corrected chi connectivity index (χ3v) is 2.45. The van der Waals surface area contributed by atoms with Gasteiger partial charge in [0.2, 0.25) is 0 Å². The molecule has 0 atom stereocenters. The minimum absolute atomic E-state index is 0.0515. The van der Waals surface area contributed by atoms with Gasteiger partial charge in [-0.2, -0.15) is 17.6 Å². The van der Waals surface area contributed by atoms with Gasteiger partial charge in [-0.05, 0) is 41.4 Å². The van der Waals surface area contributed by atoms with Gasteiger partial charge in [0.15, 0.2) is 0 Å². The van der Waals surface area contributed by atoms with Gasteiger partial charge in [0.1, 0.15) is 0 Å². The van der Waals surface area contributed by atoms with Gasteiger partial charge >= 0.3 is 10.8 Å². The Morgan fingerprint density at radius 1 is 0.867 bits per heavy atom. The smallest absolute Gasteiger partial charge is 0.183 e. The van der Waals surface area contributed by atoms with E-state index in [9.17, 15) is 17.6 Å². The summed E-state index contributed by atoms with van der Waals surface area (Å²) >= 11 is 12.2. The summed E-state index contributed by atoms with van der Waals surface area (Å²) in [6.07, 6.45) is 0. The molecule has 0 fully saturated rings. The fourth-order valence-corrected chi connectivity index (χ4v) is 1.63. The first-order chi connectivity index (χ1) is 6.60. The molecule has 0 aromatic heterocycles. The highest BCUT2D eigenvalue weighted by molar-refractivity contribution is 9.10. The molecule has 0 spiro atoms. The van der Waals surface area contributed by atoms with Crippen LogP contribution in [-0.2, 0) is 10.8 Å². The molecule has 1 aromatic rings. The molecule has 0 amide bonds. The number of rotatable bonds is 2. The highest BCUT2D eigenvalue weighted by Gasteiger charge is 2.33. The third kappa shape index (κ3) is 3.50. The van der Waals surface area contributed by atoms with Crippen LogP contribution in [0.15, 0.2) is 22.7 Å². The van der Waals surface area contributed by atoms with Gasteiger partial charge < -0.3 is 0 Å². The first kappa shape index (κ1) is 13.1. The number of alkyl halides is 6. The highest BCUT2D eigenvalue weighted by atomic mass is 79.9. The molecular formula is C8H3BrCl2F4. The molecule has 7 heteroatoms. The standard InChI is InChI=1S/C8H3BrCl2F4/c9-6-2-4(7(10,12)13)1-5(3-6)8(11,14)15/h1-3H. The predicted octanol–water partition coefficient (Wildman–Crippen LogP) is 5.03. The van der Waals surface area contributed by atoms with Crippen LogP contribution in [0.1, 0.15) is 11.1 Å². The molecule has 84 valence electrons. The fourth-order valence-electron chi connectivity index (χ4n) is 0.917. The summed E-state index contributed by atoms with van der Waals surface area (Å²) in [5.74, 6) is 0. The number of halogens is 7. The zero-order valence-corrected chi connectivity index (χ0v) is 9.98. The lowest BCUT2D eigenvalue weighted by Gasteiger charge is -2.13. The second kappa shape index (κ2) is 4.11. The minimum Gasteiger partial charge on any atom is -0.183 e. The van der Waals surface area contributed by atoms with Gasteiger partial charge in [-0.3, -0.25) is 0 Å². The van der Waals surface area contributed by atoms with Gasteiger partial charge in [0, 0.05) is 15.6 Å². The number of hydrogen-bond donors (Lipinski definition) is 0. The van der Waals surface area contributed by atoms with Crippen LogP contribution in [0.4, 0.5) is 17.6 Å². The highest BCUT2D eigenvalue weighted by Crippen LogP contribution is 2.39. The van der Waals surface area contributed by atoms with E-state index in [-0.39, 0.29) is 4.47 Å². The number of hydrogen-bond acceptors (Lipinski definition) is 0. The topological polar surface area (TPSA) is 0 Å². The van der Waals surface area contributed by atoms with E-state index in [0.717, 1.165) is 12.1 Å². The monoisotopic (exact) mass is 324 g/mol. The van der Waals surface area contributed by atoms with E-state index in [1.54, 1.807) is 0 Å². The summed E-state index contributed by atoms with van der Waals surface area (Å²) in [5, 5.41) is -7.42. The van der Waals surface area contributed by atoms with Crippen LogP contribution < -0.4 is 0 Å². The van der Waals surface area contributed by atoms with E-state index >= 15 is 0 Å². The van der Waals surface area contributed by atoms with E-state index in [2.05, 4.69) is 15.9 Å². The lowest BCUT2D eigenvalue weighted by atomic mass is 10.1. The summed E-state index contributed by atoms with van der Waals surface area (Å²) in [6.45, 7) is 0. The predicted molar refractivity (Wildman–Crippen MR) is 53.6 cm³/mol. The van der Waals surface area contributed by atoms with Crippen molar-refractivity contribution < 1.29 is 17.6 Å². The van der Waals surface area contributed by atoms with Crippen molar-refractivity contribution >= 4 is 39.1 Å². The Hall–Kier alpha value is -0.000000000000000111. The average Bonchev–Trinajstić information content (AvgIpc) is 1.99. The Balaban J connectivity index is 3.30. The Bertz CT molecular complexity index is 338. The van der Waals surface area contributed by atoms with E-state index in [4.69, 9.17) is 23.2 Å². The zero-order chi connectivity index (χ0) is 11.9. The molecule has 0 aliphatic carbocycles. The van der Waals surface area contributed by atoms with Gasteiger partial charge in [0.05, 0.1) is 0 Å². The Kier molecular flexibility index (Phi) is 3.58. The van der Waals surface area contributed by atoms with Crippen molar-refractivity contribution in [2.75, 3.05) is 0 Å². The molecule has 0 aliphatic rings. The molecule has 0 aliphatic heterocycles. The van der Waals surface area contributed by atoms with Gasteiger partial charge in [-0.25, -0.2) is 0 Å². The van der Waals surface area contributed by atoms with Crippen molar-refractivity contribution in [3.8, 4) is 0 Å². The van der Waals surface area contributed by atoms with Crippen molar-refractivity contribution in [3.05, 3.63) is 33.8 Å². The Morgan fingerprint density at radius 2 is 1.20 bits per heavy atom. The lowest BCUT2D eigenvalue weighted by molar-refractivity contribution is 0.0877. The van der Waals surface area contributed by atoms with E-state index in [0.29, 0.717) is 6.07 Å². The zero-order valence-electron chi connectivity index (χ0n) is 6.88. The Labute approximate surface area is 101 Å². The van der Waals surface area contributed by atoms with Crippen LogP contribution in [0.2, 0.25) is 0 Å². The largest absolute Gasteiger partial charge is 0.348 e. The maximum absolute atomic E-state index is 12.7. The SMILES string of the molecule is FC(F)(Cl)c1cc(Br)cc(C(F)(F)Cl)c1. The van der Waals surface area contributed by atoms with Crippen LogP contribution in [0, 0.1) is 0 Å². The summed E-state index contributed by atoms with van der Waals surface area (Å²) in [4.78, 5) is 0. The van der Waals surface area contributed by atoms with Crippen molar-refractivity contribution in [2.45, 2.75) is 10.8 Å². The van der Waals surface area contributed by atoms with E-state index in [1.807, 2.05) is 0 Å². The molecule has 0 radical (unpaired) electrons. The maximum Gasteiger partial charge on any atom is 0.348 e. The maximum atomic E-state index is 12.7. The molecule has 0 saturated heterocycles. The molecule has 15 heavy (non-hydrogen) atoms. The molecule has 1 aromatic carbocycles. The van der Waals surface area contributed by atoms with Crippen LogP contribution in [0.25, 0.3) is 0 Å². The third-order valence-electron chi connectivity index (χ3n) is 1.55. The summed E-state index contributed by atoms with van der Waals surface area (Å²) in [7, 11) is 0. The molecular weight excluding hydrogens is 323 g/mol. The van der Waals surface area contributed by atoms with Crippen LogP contribution in [0.5, 0.6) is 0 Å².